The monoisotopic (exact) mass is 296 g/mol. The van der Waals surface area contributed by atoms with Gasteiger partial charge in [-0.25, -0.2) is 0 Å². The van der Waals surface area contributed by atoms with E-state index in [9.17, 15) is 13.2 Å². The molecule has 0 amide bonds. The van der Waals surface area contributed by atoms with Gasteiger partial charge >= 0.3 is 16.1 Å². The first-order chi connectivity index (χ1) is 9.00. The zero-order valence-corrected chi connectivity index (χ0v) is 13.2. The average Bonchev–Trinajstić information content (AvgIpc) is 2.69. The van der Waals surface area contributed by atoms with E-state index in [0.717, 1.165) is 5.56 Å². The number of carbonyl (C=O) groups is 1. The summed E-state index contributed by atoms with van der Waals surface area (Å²) in [6.45, 7) is 9.63. The van der Waals surface area contributed by atoms with Crippen molar-refractivity contribution in [2.45, 2.75) is 39.5 Å². The molecule has 20 heavy (non-hydrogen) atoms. The highest BCUT2D eigenvalue weighted by atomic mass is 32.2. The van der Waals surface area contributed by atoms with Crippen molar-refractivity contribution in [1.29, 1.82) is 0 Å². The molecule has 0 N–H and O–H groups in total. The standard InChI is InChI=1S/C15H20O4S/c1-10-6-8-11(9-7-10)20(17,18)19-13(16)12-14(2,3)15(12,4)5/h6-9,12H,1-5H3. The van der Waals surface area contributed by atoms with Crippen molar-refractivity contribution in [3.8, 4) is 0 Å². The zero-order chi connectivity index (χ0) is 15.3. The van der Waals surface area contributed by atoms with Crippen molar-refractivity contribution >= 4 is 16.1 Å². The maximum Gasteiger partial charge on any atom is 0.341 e. The van der Waals surface area contributed by atoms with Crippen molar-refractivity contribution in [3.05, 3.63) is 29.8 Å². The summed E-state index contributed by atoms with van der Waals surface area (Å²) in [6.07, 6.45) is 0. The van der Waals surface area contributed by atoms with Crippen LogP contribution in [0, 0.1) is 23.7 Å². The molecule has 0 heterocycles. The molecular formula is C15H20O4S. The molecule has 0 radical (unpaired) electrons. The normalized spacial score (nSPS) is 20.4. The summed E-state index contributed by atoms with van der Waals surface area (Å²) >= 11 is 0. The molecule has 1 saturated carbocycles. The van der Waals surface area contributed by atoms with Gasteiger partial charge in [-0.1, -0.05) is 45.4 Å². The molecule has 0 bridgehead atoms. The topological polar surface area (TPSA) is 60.4 Å². The fourth-order valence-corrected chi connectivity index (χ4v) is 3.57. The van der Waals surface area contributed by atoms with Crippen molar-refractivity contribution in [2.75, 3.05) is 0 Å². The SMILES string of the molecule is Cc1ccc(S(=O)(=O)OC(=O)C2C(C)(C)C2(C)C)cc1. The van der Waals surface area contributed by atoms with E-state index in [1.165, 1.54) is 12.1 Å². The lowest BCUT2D eigenvalue weighted by Gasteiger charge is -2.07. The first kappa shape index (κ1) is 15.0. The van der Waals surface area contributed by atoms with Crippen LogP contribution in [0.3, 0.4) is 0 Å². The smallest absolute Gasteiger partial charge is 0.341 e. The molecule has 1 fully saturated rings. The quantitative estimate of drug-likeness (QED) is 0.805. The molecule has 0 atom stereocenters. The van der Waals surface area contributed by atoms with E-state index in [-0.39, 0.29) is 15.7 Å². The van der Waals surface area contributed by atoms with Crippen LogP contribution >= 0.6 is 0 Å². The lowest BCUT2D eigenvalue weighted by atomic mass is 10.0. The molecule has 0 aliphatic heterocycles. The number of rotatable bonds is 3. The minimum atomic E-state index is -4.03. The minimum Gasteiger partial charge on any atom is -0.342 e. The van der Waals surface area contributed by atoms with Gasteiger partial charge in [0, 0.05) is 0 Å². The Balaban J connectivity index is 2.18. The van der Waals surface area contributed by atoms with Crippen LogP contribution in [0.5, 0.6) is 0 Å². The molecule has 1 aromatic carbocycles. The van der Waals surface area contributed by atoms with Gasteiger partial charge in [0.25, 0.3) is 0 Å². The molecule has 0 unspecified atom stereocenters. The first-order valence-corrected chi connectivity index (χ1v) is 7.96. The third-order valence-electron chi connectivity index (χ3n) is 4.76. The van der Waals surface area contributed by atoms with Crippen LogP contribution in [0.4, 0.5) is 0 Å². The maximum absolute atomic E-state index is 12.1. The highest BCUT2D eigenvalue weighted by molar-refractivity contribution is 7.87. The van der Waals surface area contributed by atoms with Crippen LogP contribution in [-0.2, 0) is 19.1 Å². The molecule has 1 aliphatic carbocycles. The molecule has 0 spiro atoms. The van der Waals surface area contributed by atoms with E-state index in [1.54, 1.807) is 12.1 Å². The van der Waals surface area contributed by atoms with Crippen LogP contribution < -0.4 is 0 Å². The zero-order valence-electron chi connectivity index (χ0n) is 12.4. The summed E-state index contributed by atoms with van der Waals surface area (Å²) in [7, 11) is -4.03. The maximum atomic E-state index is 12.1. The summed E-state index contributed by atoms with van der Waals surface area (Å²) < 4.78 is 28.9. The predicted octanol–water partition coefficient (Wildman–Crippen LogP) is 2.91. The lowest BCUT2D eigenvalue weighted by Crippen LogP contribution is -2.17. The van der Waals surface area contributed by atoms with Crippen molar-refractivity contribution < 1.29 is 17.4 Å². The molecule has 110 valence electrons. The van der Waals surface area contributed by atoms with Crippen LogP contribution in [0.25, 0.3) is 0 Å². The van der Waals surface area contributed by atoms with Crippen molar-refractivity contribution in [2.24, 2.45) is 16.7 Å². The number of hydrogen-bond donors (Lipinski definition) is 0. The van der Waals surface area contributed by atoms with Gasteiger partial charge in [0.2, 0.25) is 0 Å². The molecular weight excluding hydrogens is 276 g/mol. The van der Waals surface area contributed by atoms with Crippen LogP contribution in [-0.4, -0.2) is 14.4 Å². The summed E-state index contributed by atoms with van der Waals surface area (Å²) in [5.41, 5.74) is 0.458. The first-order valence-electron chi connectivity index (χ1n) is 6.55. The van der Waals surface area contributed by atoms with Gasteiger partial charge in [-0.05, 0) is 29.9 Å². The van der Waals surface area contributed by atoms with Gasteiger partial charge in [0.15, 0.2) is 0 Å². The second-order valence-electron chi connectivity index (χ2n) is 6.55. The average molecular weight is 296 g/mol. The fourth-order valence-electron chi connectivity index (χ4n) is 2.69. The van der Waals surface area contributed by atoms with E-state index in [0.29, 0.717) is 0 Å². The van der Waals surface area contributed by atoms with Crippen LogP contribution in [0.15, 0.2) is 29.2 Å². The molecule has 5 heteroatoms. The van der Waals surface area contributed by atoms with E-state index in [2.05, 4.69) is 0 Å². The molecule has 0 saturated heterocycles. The Morgan fingerprint density at radius 1 is 1.05 bits per heavy atom. The van der Waals surface area contributed by atoms with Gasteiger partial charge in [-0.3, -0.25) is 4.79 Å². The second-order valence-corrected chi connectivity index (χ2v) is 8.09. The van der Waals surface area contributed by atoms with Gasteiger partial charge < -0.3 is 4.18 Å². The third kappa shape index (κ3) is 2.24. The molecule has 1 aromatic rings. The molecule has 0 aromatic heterocycles. The molecule has 4 nitrogen and oxygen atoms in total. The van der Waals surface area contributed by atoms with E-state index >= 15 is 0 Å². The van der Waals surface area contributed by atoms with Crippen molar-refractivity contribution in [1.82, 2.24) is 0 Å². The number of aryl methyl sites for hydroxylation is 1. The lowest BCUT2D eigenvalue weighted by molar-refractivity contribution is -0.136. The van der Waals surface area contributed by atoms with E-state index in [1.807, 2.05) is 34.6 Å². The van der Waals surface area contributed by atoms with E-state index in [4.69, 9.17) is 4.18 Å². The summed E-state index contributed by atoms with van der Waals surface area (Å²) in [5.74, 6) is -1.06. The van der Waals surface area contributed by atoms with Crippen LogP contribution in [0.1, 0.15) is 33.3 Å². The highest BCUT2D eigenvalue weighted by Gasteiger charge is 2.69. The van der Waals surface area contributed by atoms with Gasteiger partial charge in [0.05, 0.1) is 5.92 Å². The summed E-state index contributed by atoms with van der Waals surface area (Å²) in [6, 6.07) is 6.24. The molecule has 1 aliphatic rings. The number of carbonyl (C=O) groups excluding carboxylic acids is 1. The van der Waals surface area contributed by atoms with Gasteiger partial charge in [0.1, 0.15) is 4.90 Å². The summed E-state index contributed by atoms with van der Waals surface area (Å²) in [4.78, 5) is 12.1. The van der Waals surface area contributed by atoms with Gasteiger partial charge in [-0.2, -0.15) is 8.42 Å². The summed E-state index contributed by atoms with van der Waals surface area (Å²) in [5, 5.41) is 0. The Morgan fingerprint density at radius 3 is 1.90 bits per heavy atom. The third-order valence-corrected chi connectivity index (χ3v) is 5.99. The van der Waals surface area contributed by atoms with E-state index < -0.39 is 22.0 Å². The number of hydrogen-bond acceptors (Lipinski definition) is 4. The van der Waals surface area contributed by atoms with Crippen LogP contribution in [0.2, 0.25) is 0 Å². The Labute approximate surface area is 120 Å². The predicted molar refractivity (Wildman–Crippen MR) is 75.5 cm³/mol. The fraction of sp³-hybridized carbons (Fsp3) is 0.533. The highest BCUT2D eigenvalue weighted by Crippen LogP contribution is 2.68. The minimum absolute atomic E-state index is 0.00714. The van der Waals surface area contributed by atoms with Gasteiger partial charge in [-0.15, -0.1) is 0 Å². The Kier molecular flexibility index (Phi) is 3.25. The van der Waals surface area contributed by atoms with Crippen molar-refractivity contribution in [3.63, 3.8) is 0 Å². The molecule has 2 rings (SSSR count). The Hall–Kier alpha value is -1.36. The Bertz CT molecular complexity index is 625. The Morgan fingerprint density at radius 2 is 1.50 bits per heavy atom. The number of benzene rings is 1. The largest absolute Gasteiger partial charge is 0.342 e. The second kappa shape index (κ2) is 4.32.